The van der Waals surface area contributed by atoms with Gasteiger partial charge in [0.1, 0.15) is 0 Å². The third kappa shape index (κ3) is 2.15. The molecule has 1 aliphatic heterocycles. The van der Waals surface area contributed by atoms with Gasteiger partial charge >= 0.3 is 0 Å². The molecule has 0 atom stereocenters. The van der Waals surface area contributed by atoms with Crippen LogP contribution >= 0.6 is 0 Å². The van der Waals surface area contributed by atoms with Gasteiger partial charge in [-0.3, -0.25) is 4.79 Å². The van der Waals surface area contributed by atoms with E-state index in [1.807, 2.05) is 24.3 Å². The van der Waals surface area contributed by atoms with Crippen LogP contribution in [0.5, 0.6) is 0 Å². The third-order valence-electron chi connectivity index (χ3n) is 3.13. The normalized spacial score (nSPS) is 13.3. The van der Waals surface area contributed by atoms with Crippen LogP contribution in [-0.4, -0.2) is 5.91 Å². The van der Waals surface area contributed by atoms with Crippen LogP contribution in [0.2, 0.25) is 0 Å². The second-order valence-electron chi connectivity index (χ2n) is 4.40. The maximum absolute atomic E-state index is 12.0. The van der Waals surface area contributed by atoms with Gasteiger partial charge in [-0.2, -0.15) is 0 Å². The van der Waals surface area contributed by atoms with Crippen molar-refractivity contribution >= 4 is 5.91 Å². The smallest absolute Gasteiger partial charge is 0.251 e. The third-order valence-corrected chi connectivity index (χ3v) is 3.13. The van der Waals surface area contributed by atoms with Gasteiger partial charge in [0.25, 0.3) is 5.91 Å². The summed E-state index contributed by atoms with van der Waals surface area (Å²) < 4.78 is 4.95. The zero-order valence-electron chi connectivity index (χ0n) is 9.90. The van der Waals surface area contributed by atoms with Crippen molar-refractivity contribution in [2.75, 3.05) is 0 Å². The van der Waals surface area contributed by atoms with E-state index < -0.39 is 0 Å². The summed E-state index contributed by atoms with van der Waals surface area (Å²) in [6.45, 7) is 2.23. The van der Waals surface area contributed by atoms with Crippen LogP contribution in [-0.2, 0) is 19.6 Å². The van der Waals surface area contributed by atoms with E-state index in [2.05, 4.69) is 10.6 Å². The van der Waals surface area contributed by atoms with Crippen LogP contribution in [0.1, 0.15) is 27.0 Å². The van der Waals surface area contributed by atoms with Crippen molar-refractivity contribution in [2.45, 2.75) is 19.6 Å². The van der Waals surface area contributed by atoms with Gasteiger partial charge in [0.15, 0.2) is 0 Å². The number of carbonyl (C=O) groups is 1. The summed E-state index contributed by atoms with van der Waals surface area (Å²) in [5.74, 6) is -0.0501. The Kier molecular flexibility index (Phi) is 2.86. The number of furan rings is 1. The maximum atomic E-state index is 12.0. The van der Waals surface area contributed by atoms with Crippen molar-refractivity contribution in [3.05, 3.63) is 59.0 Å². The molecular weight excluding hydrogens is 228 g/mol. The van der Waals surface area contributed by atoms with Gasteiger partial charge in [0.2, 0.25) is 0 Å². The SMILES string of the molecule is O=C(NCc1ccoc1)c1ccc2c(c1)CNC2. The fourth-order valence-corrected chi connectivity index (χ4v) is 2.11. The number of hydrogen-bond donors (Lipinski definition) is 2. The molecule has 4 heteroatoms. The molecule has 0 bridgehead atoms. The topological polar surface area (TPSA) is 54.3 Å². The largest absolute Gasteiger partial charge is 0.472 e. The molecule has 1 aromatic carbocycles. The second-order valence-corrected chi connectivity index (χ2v) is 4.40. The van der Waals surface area contributed by atoms with E-state index in [-0.39, 0.29) is 5.91 Å². The fraction of sp³-hybridized carbons (Fsp3) is 0.214. The van der Waals surface area contributed by atoms with Crippen LogP contribution in [0.15, 0.2) is 41.2 Å². The number of hydrogen-bond acceptors (Lipinski definition) is 3. The zero-order chi connectivity index (χ0) is 12.4. The Bertz CT molecular complexity index is 561. The Morgan fingerprint density at radius 3 is 3.00 bits per heavy atom. The van der Waals surface area contributed by atoms with Crippen LogP contribution in [0.25, 0.3) is 0 Å². The number of carbonyl (C=O) groups excluding carboxylic acids is 1. The molecule has 0 unspecified atom stereocenters. The number of nitrogens with one attached hydrogen (secondary N) is 2. The summed E-state index contributed by atoms with van der Waals surface area (Å²) >= 11 is 0. The number of rotatable bonds is 3. The Hall–Kier alpha value is -2.07. The van der Waals surface area contributed by atoms with E-state index in [1.165, 1.54) is 11.1 Å². The molecule has 18 heavy (non-hydrogen) atoms. The fourth-order valence-electron chi connectivity index (χ4n) is 2.11. The van der Waals surface area contributed by atoms with E-state index in [9.17, 15) is 4.79 Å². The van der Waals surface area contributed by atoms with Crippen LogP contribution in [0.3, 0.4) is 0 Å². The van der Waals surface area contributed by atoms with Gasteiger partial charge in [0.05, 0.1) is 12.5 Å². The van der Waals surface area contributed by atoms with Gasteiger partial charge < -0.3 is 15.1 Å². The molecule has 3 rings (SSSR count). The highest BCUT2D eigenvalue weighted by Crippen LogP contribution is 2.17. The highest BCUT2D eigenvalue weighted by molar-refractivity contribution is 5.94. The first-order valence-electron chi connectivity index (χ1n) is 5.95. The molecule has 1 aliphatic rings. The molecule has 2 heterocycles. The van der Waals surface area contributed by atoms with Crippen molar-refractivity contribution < 1.29 is 9.21 Å². The lowest BCUT2D eigenvalue weighted by molar-refractivity contribution is 0.0951. The average Bonchev–Trinajstić information content (AvgIpc) is 3.05. The Morgan fingerprint density at radius 2 is 2.17 bits per heavy atom. The standard InChI is InChI=1S/C14H14N2O2/c17-14(16-6-10-3-4-18-9-10)11-1-2-12-7-15-8-13(12)5-11/h1-5,9,15H,6-8H2,(H,16,17). The van der Waals surface area contributed by atoms with Crippen LogP contribution in [0.4, 0.5) is 0 Å². The lowest BCUT2D eigenvalue weighted by atomic mass is 10.1. The monoisotopic (exact) mass is 242 g/mol. The molecular formula is C14H14N2O2. The minimum absolute atomic E-state index is 0.0501. The Balaban J connectivity index is 1.69. The number of amides is 1. The summed E-state index contributed by atoms with van der Waals surface area (Å²) in [5, 5.41) is 6.14. The predicted molar refractivity (Wildman–Crippen MR) is 66.9 cm³/mol. The van der Waals surface area contributed by atoms with Gasteiger partial charge in [0, 0.05) is 30.8 Å². The quantitative estimate of drug-likeness (QED) is 0.863. The summed E-state index contributed by atoms with van der Waals surface area (Å²) in [7, 11) is 0. The van der Waals surface area contributed by atoms with Crippen molar-refractivity contribution in [1.82, 2.24) is 10.6 Å². The van der Waals surface area contributed by atoms with Gasteiger partial charge in [-0.25, -0.2) is 0 Å². The minimum atomic E-state index is -0.0501. The van der Waals surface area contributed by atoms with E-state index in [4.69, 9.17) is 4.42 Å². The highest BCUT2D eigenvalue weighted by Gasteiger charge is 2.13. The second kappa shape index (κ2) is 4.66. The van der Waals surface area contributed by atoms with E-state index >= 15 is 0 Å². The molecule has 0 aliphatic carbocycles. The molecule has 0 saturated carbocycles. The molecule has 4 nitrogen and oxygen atoms in total. The number of fused-ring (bicyclic) bond motifs is 1. The lowest BCUT2D eigenvalue weighted by Crippen LogP contribution is -2.22. The summed E-state index contributed by atoms with van der Waals surface area (Å²) in [5.41, 5.74) is 4.17. The lowest BCUT2D eigenvalue weighted by Gasteiger charge is -2.05. The van der Waals surface area contributed by atoms with Crippen LogP contribution in [0, 0.1) is 0 Å². The van der Waals surface area contributed by atoms with Crippen molar-refractivity contribution in [1.29, 1.82) is 0 Å². The first-order valence-corrected chi connectivity index (χ1v) is 5.95. The van der Waals surface area contributed by atoms with E-state index in [0.29, 0.717) is 12.1 Å². The average molecular weight is 242 g/mol. The van der Waals surface area contributed by atoms with Gasteiger partial charge in [-0.05, 0) is 29.3 Å². The molecule has 1 amide bonds. The highest BCUT2D eigenvalue weighted by atomic mass is 16.3. The molecule has 0 spiro atoms. The molecule has 2 N–H and O–H groups in total. The zero-order valence-corrected chi connectivity index (χ0v) is 9.90. The Morgan fingerprint density at radius 1 is 1.28 bits per heavy atom. The summed E-state index contributed by atoms with van der Waals surface area (Å²) in [6.07, 6.45) is 3.23. The van der Waals surface area contributed by atoms with Crippen LogP contribution < -0.4 is 10.6 Å². The Labute approximate surface area is 105 Å². The maximum Gasteiger partial charge on any atom is 0.251 e. The first-order chi connectivity index (χ1) is 8.83. The molecule has 1 aromatic heterocycles. The predicted octanol–water partition coefficient (Wildman–Crippen LogP) is 1.81. The summed E-state index contributed by atoms with van der Waals surface area (Å²) in [6, 6.07) is 7.69. The summed E-state index contributed by atoms with van der Waals surface area (Å²) in [4.78, 5) is 12.0. The minimum Gasteiger partial charge on any atom is -0.472 e. The van der Waals surface area contributed by atoms with Gasteiger partial charge in [-0.15, -0.1) is 0 Å². The number of benzene rings is 1. The molecule has 0 radical (unpaired) electrons. The molecule has 92 valence electrons. The van der Waals surface area contributed by atoms with E-state index in [1.54, 1.807) is 12.5 Å². The van der Waals surface area contributed by atoms with E-state index in [0.717, 1.165) is 18.7 Å². The molecule has 0 fully saturated rings. The van der Waals surface area contributed by atoms with Crippen molar-refractivity contribution in [3.8, 4) is 0 Å². The van der Waals surface area contributed by atoms with Gasteiger partial charge in [-0.1, -0.05) is 6.07 Å². The van der Waals surface area contributed by atoms with Crippen molar-refractivity contribution in [2.24, 2.45) is 0 Å². The van der Waals surface area contributed by atoms with Crippen molar-refractivity contribution in [3.63, 3.8) is 0 Å². The molecule has 0 saturated heterocycles. The molecule has 2 aromatic rings. The first kappa shape index (κ1) is 11.0.